The third kappa shape index (κ3) is 2.96. The first kappa shape index (κ1) is 18.0. The van der Waals surface area contributed by atoms with Crippen LogP contribution >= 0.6 is 0 Å². The Balaban J connectivity index is 2.08. The van der Waals surface area contributed by atoms with Gasteiger partial charge in [0.1, 0.15) is 17.5 Å². The van der Waals surface area contributed by atoms with E-state index in [1.54, 1.807) is 6.07 Å². The Hall–Kier alpha value is -2.76. The summed E-state index contributed by atoms with van der Waals surface area (Å²) in [5.41, 5.74) is 9.34. The molecule has 6 heteroatoms. The number of nitrogens with zero attached hydrogens (tertiary/aromatic N) is 1. The average Bonchev–Trinajstić information content (AvgIpc) is 3.04. The van der Waals surface area contributed by atoms with E-state index >= 15 is 0 Å². The number of phenols is 2. The number of aromatic hydroxyl groups is 2. The van der Waals surface area contributed by atoms with Gasteiger partial charge in [-0.15, -0.1) is 0 Å². The quantitative estimate of drug-likeness (QED) is 0.657. The lowest BCUT2D eigenvalue weighted by atomic mass is 9.74. The van der Waals surface area contributed by atoms with Crippen molar-refractivity contribution in [2.75, 3.05) is 6.79 Å². The molecule has 1 unspecified atom stereocenters. The first-order chi connectivity index (χ1) is 12.3. The molecule has 0 amide bonds. The standard InChI is InChI=1S/C20H24N2O4/c1-11(2)13-8-14(16(24)9-15(13)23)19(22-21)20(3,4)12-5-6-17-18(7-12)26-10-25-17/h5-9,11,19,21,23-24H,10H2,1-4H3. The Kier molecular flexibility index (Phi) is 4.52. The lowest BCUT2D eigenvalue weighted by molar-refractivity contribution is 0.174. The molecule has 1 atom stereocenters. The zero-order valence-electron chi connectivity index (χ0n) is 15.4. The number of nitrogens with one attached hydrogen (secondary N) is 1. The highest BCUT2D eigenvalue weighted by atomic mass is 16.7. The molecule has 1 heterocycles. The fourth-order valence-corrected chi connectivity index (χ4v) is 3.37. The second-order valence-electron chi connectivity index (χ2n) is 7.45. The van der Waals surface area contributed by atoms with Crippen molar-refractivity contribution >= 4 is 0 Å². The molecule has 26 heavy (non-hydrogen) atoms. The SMILES string of the molecule is CC(C)c1cc(C(N=N)C(C)(C)c2ccc3c(c2)OCO3)c(O)cc1O. The summed E-state index contributed by atoms with van der Waals surface area (Å²) in [6, 6.07) is 8.11. The molecule has 1 aliphatic rings. The molecule has 0 radical (unpaired) electrons. The Morgan fingerprint density at radius 1 is 1.00 bits per heavy atom. The van der Waals surface area contributed by atoms with Gasteiger partial charge in [0, 0.05) is 17.0 Å². The monoisotopic (exact) mass is 356 g/mol. The first-order valence-corrected chi connectivity index (χ1v) is 8.58. The average molecular weight is 356 g/mol. The second-order valence-corrected chi connectivity index (χ2v) is 7.45. The van der Waals surface area contributed by atoms with Crippen LogP contribution in [-0.2, 0) is 5.41 Å². The number of benzene rings is 2. The second kappa shape index (κ2) is 6.52. The predicted octanol–water partition coefficient (Wildman–Crippen LogP) is 5.00. The van der Waals surface area contributed by atoms with Crippen LogP contribution in [0.5, 0.6) is 23.0 Å². The maximum atomic E-state index is 10.4. The normalized spacial score (nSPS) is 14.5. The van der Waals surface area contributed by atoms with E-state index in [-0.39, 0.29) is 24.2 Å². The Morgan fingerprint density at radius 3 is 2.31 bits per heavy atom. The highest BCUT2D eigenvalue weighted by molar-refractivity contribution is 5.51. The molecular formula is C20H24N2O4. The van der Waals surface area contributed by atoms with Gasteiger partial charge in [-0.3, -0.25) is 0 Å². The number of phenolic OH excluding ortho intramolecular Hbond substituents is 2. The Bertz CT molecular complexity index is 846. The number of hydrogen-bond acceptors (Lipinski definition) is 6. The third-order valence-electron chi connectivity index (χ3n) is 5.02. The molecule has 6 nitrogen and oxygen atoms in total. The predicted molar refractivity (Wildman–Crippen MR) is 97.3 cm³/mol. The van der Waals surface area contributed by atoms with E-state index in [4.69, 9.17) is 15.0 Å². The van der Waals surface area contributed by atoms with Crippen LogP contribution in [0.2, 0.25) is 0 Å². The summed E-state index contributed by atoms with van der Waals surface area (Å²) in [5.74, 6) is 1.41. The Morgan fingerprint density at radius 2 is 1.65 bits per heavy atom. The molecule has 0 aromatic heterocycles. The summed E-state index contributed by atoms with van der Waals surface area (Å²) >= 11 is 0. The zero-order valence-corrected chi connectivity index (χ0v) is 15.4. The molecule has 3 rings (SSSR count). The van der Waals surface area contributed by atoms with Crippen LogP contribution in [0.15, 0.2) is 35.4 Å². The largest absolute Gasteiger partial charge is 0.508 e. The molecule has 0 saturated carbocycles. The van der Waals surface area contributed by atoms with Crippen molar-refractivity contribution in [1.29, 1.82) is 5.53 Å². The van der Waals surface area contributed by atoms with Crippen LogP contribution in [0.3, 0.4) is 0 Å². The van der Waals surface area contributed by atoms with E-state index < -0.39 is 11.5 Å². The summed E-state index contributed by atoms with van der Waals surface area (Å²) in [6.07, 6.45) is 0. The Labute approximate surface area is 152 Å². The van der Waals surface area contributed by atoms with Gasteiger partial charge in [-0.2, -0.15) is 5.11 Å². The fraction of sp³-hybridized carbons (Fsp3) is 0.400. The summed E-state index contributed by atoms with van der Waals surface area (Å²) in [7, 11) is 0. The van der Waals surface area contributed by atoms with E-state index in [0.717, 1.165) is 5.56 Å². The molecule has 0 bridgehead atoms. The summed E-state index contributed by atoms with van der Waals surface area (Å²) in [4.78, 5) is 0. The van der Waals surface area contributed by atoms with Crippen LogP contribution in [0.1, 0.15) is 56.3 Å². The lowest BCUT2D eigenvalue weighted by Gasteiger charge is -2.32. The molecule has 138 valence electrons. The van der Waals surface area contributed by atoms with E-state index in [1.807, 2.05) is 45.9 Å². The third-order valence-corrected chi connectivity index (χ3v) is 5.02. The van der Waals surface area contributed by atoms with Crippen molar-refractivity contribution in [2.24, 2.45) is 5.11 Å². The van der Waals surface area contributed by atoms with Crippen molar-refractivity contribution in [3.63, 3.8) is 0 Å². The van der Waals surface area contributed by atoms with Crippen LogP contribution in [0, 0.1) is 5.53 Å². The van der Waals surface area contributed by atoms with E-state index in [1.165, 1.54) is 6.07 Å². The van der Waals surface area contributed by atoms with E-state index in [2.05, 4.69) is 5.11 Å². The van der Waals surface area contributed by atoms with Gasteiger partial charge in [0.05, 0.1) is 0 Å². The van der Waals surface area contributed by atoms with Crippen LogP contribution in [0.25, 0.3) is 0 Å². The number of hydrogen-bond donors (Lipinski definition) is 3. The minimum atomic E-state index is -0.624. The van der Waals surface area contributed by atoms with Gasteiger partial charge in [0.25, 0.3) is 0 Å². The molecule has 0 aliphatic carbocycles. The molecular weight excluding hydrogens is 332 g/mol. The molecule has 0 fully saturated rings. The highest BCUT2D eigenvalue weighted by Gasteiger charge is 2.36. The maximum absolute atomic E-state index is 10.4. The minimum Gasteiger partial charge on any atom is -0.508 e. The van der Waals surface area contributed by atoms with Crippen molar-refractivity contribution < 1.29 is 19.7 Å². The van der Waals surface area contributed by atoms with Crippen LogP contribution in [-0.4, -0.2) is 17.0 Å². The number of fused-ring (bicyclic) bond motifs is 1. The van der Waals surface area contributed by atoms with E-state index in [0.29, 0.717) is 22.6 Å². The van der Waals surface area contributed by atoms with Crippen molar-refractivity contribution in [3.8, 4) is 23.0 Å². The summed E-state index contributed by atoms with van der Waals surface area (Å²) in [6.45, 7) is 8.06. The van der Waals surface area contributed by atoms with Gasteiger partial charge in [0.15, 0.2) is 11.5 Å². The van der Waals surface area contributed by atoms with Gasteiger partial charge >= 0.3 is 0 Å². The zero-order chi connectivity index (χ0) is 19.1. The molecule has 0 saturated heterocycles. The van der Waals surface area contributed by atoms with Crippen molar-refractivity contribution in [2.45, 2.75) is 45.1 Å². The topological polar surface area (TPSA) is 95.1 Å². The lowest BCUT2D eigenvalue weighted by Crippen LogP contribution is -2.25. The van der Waals surface area contributed by atoms with Gasteiger partial charge in [0.2, 0.25) is 6.79 Å². The smallest absolute Gasteiger partial charge is 0.231 e. The van der Waals surface area contributed by atoms with Crippen LogP contribution in [0.4, 0.5) is 0 Å². The molecule has 2 aromatic rings. The van der Waals surface area contributed by atoms with Gasteiger partial charge in [-0.25, -0.2) is 5.53 Å². The molecule has 3 N–H and O–H groups in total. The number of rotatable bonds is 5. The highest BCUT2D eigenvalue weighted by Crippen LogP contribution is 2.47. The van der Waals surface area contributed by atoms with Gasteiger partial charge in [-0.05, 0) is 35.2 Å². The maximum Gasteiger partial charge on any atom is 0.231 e. The minimum absolute atomic E-state index is 0.0471. The van der Waals surface area contributed by atoms with Crippen LogP contribution < -0.4 is 9.47 Å². The molecule has 2 aromatic carbocycles. The fourth-order valence-electron chi connectivity index (χ4n) is 3.37. The van der Waals surface area contributed by atoms with Crippen molar-refractivity contribution in [1.82, 2.24) is 0 Å². The molecule has 1 aliphatic heterocycles. The first-order valence-electron chi connectivity index (χ1n) is 8.58. The van der Waals surface area contributed by atoms with Crippen molar-refractivity contribution in [3.05, 3.63) is 47.0 Å². The summed E-state index contributed by atoms with van der Waals surface area (Å²) < 4.78 is 10.8. The number of ether oxygens (including phenoxy) is 2. The van der Waals surface area contributed by atoms with Gasteiger partial charge in [-0.1, -0.05) is 33.8 Å². The van der Waals surface area contributed by atoms with E-state index in [9.17, 15) is 10.2 Å². The summed E-state index contributed by atoms with van der Waals surface area (Å²) in [5, 5.41) is 24.3. The molecule has 0 spiro atoms. The van der Waals surface area contributed by atoms with Gasteiger partial charge < -0.3 is 19.7 Å².